The molecular formula is C21H25N5OS. The van der Waals surface area contributed by atoms with Crippen LogP contribution in [0.15, 0.2) is 53.8 Å². The average Bonchev–Trinajstić information content (AvgIpc) is 3.09. The number of hydrogen-bond donors (Lipinski definition) is 1. The first-order chi connectivity index (χ1) is 13.4. The topological polar surface area (TPSA) is 72.7 Å². The van der Waals surface area contributed by atoms with E-state index in [4.69, 9.17) is 0 Å². The number of nitrogens with zero attached hydrogens (tertiary/aromatic N) is 4. The third-order valence-electron chi connectivity index (χ3n) is 4.21. The number of hydrogen-bond acceptors (Lipinski definition) is 5. The van der Waals surface area contributed by atoms with E-state index in [1.807, 2.05) is 54.1 Å². The molecule has 0 atom stereocenters. The summed E-state index contributed by atoms with van der Waals surface area (Å²) in [6, 6.07) is 13.4. The van der Waals surface area contributed by atoms with Crippen molar-refractivity contribution < 1.29 is 4.79 Å². The fraction of sp³-hybridized carbons (Fsp3) is 0.333. The Labute approximate surface area is 169 Å². The van der Waals surface area contributed by atoms with Crippen LogP contribution in [0.1, 0.15) is 33.4 Å². The smallest absolute Gasteiger partial charge is 0.234 e. The standard InChI is InChI=1S/C21H25N5OS/c1-5-26-19(15-11-12-22-17(13-15)21(2,3)4)24-25-20(26)28-14-18(27)23-16-9-7-6-8-10-16/h6-13H,5,14H2,1-4H3,(H,23,27). The minimum atomic E-state index is -0.0673. The van der Waals surface area contributed by atoms with E-state index in [1.54, 1.807) is 0 Å². The van der Waals surface area contributed by atoms with Crippen molar-refractivity contribution in [3.05, 3.63) is 54.4 Å². The van der Waals surface area contributed by atoms with Gasteiger partial charge >= 0.3 is 0 Å². The van der Waals surface area contributed by atoms with Gasteiger partial charge in [-0.05, 0) is 31.2 Å². The van der Waals surface area contributed by atoms with Gasteiger partial charge in [0.25, 0.3) is 0 Å². The Kier molecular flexibility index (Phi) is 6.14. The maximum atomic E-state index is 12.2. The molecule has 0 saturated carbocycles. The Morgan fingerprint density at radius 1 is 1.14 bits per heavy atom. The molecule has 1 amide bonds. The van der Waals surface area contributed by atoms with Crippen LogP contribution in [-0.4, -0.2) is 31.4 Å². The number of nitrogens with one attached hydrogen (secondary N) is 1. The molecule has 7 heteroatoms. The minimum Gasteiger partial charge on any atom is -0.325 e. The molecule has 2 heterocycles. The second-order valence-corrected chi connectivity index (χ2v) is 8.38. The van der Waals surface area contributed by atoms with Gasteiger partial charge in [-0.3, -0.25) is 9.78 Å². The predicted molar refractivity (Wildman–Crippen MR) is 113 cm³/mol. The maximum absolute atomic E-state index is 12.2. The maximum Gasteiger partial charge on any atom is 0.234 e. The Balaban J connectivity index is 1.74. The third kappa shape index (κ3) is 4.78. The third-order valence-corrected chi connectivity index (χ3v) is 5.18. The first kappa shape index (κ1) is 20.1. The van der Waals surface area contributed by atoms with Crippen molar-refractivity contribution in [3.63, 3.8) is 0 Å². The van der Waals surface area contributed by atoms with Crippen LogP contribution < -0.4 is 5.32 Å². The lowest BCUT2D eigenvalue weighted by Gasteiger charge is -2.18. The number of rotatable bonds is 6. The summed E-state index contributed by atoms with van der Waals surface area (Å²) >= 11 is 1.39. The molecule has 0 spiro atoms. The molecule has 1 aromatic carbocycles. The normalized spacial score (nSPS) is 11.4. The van der Waals surface area contributed by atoms with Gasteiger partial charge in [-0.1, -0.05) is 50.7 Å². The molecular weight excluding hydrogens is 370 g/mol. The van der Waals surface area contributed by atoms with Gasteiger partial charge in [-0.2, -0.15) is 0 Å². The van der Waals surface area contributed by atoms with E-state index in [0.717, 1.165) is 34.5 Å². The second kappa shape index (κ2) is 8.56. The van der Waals surface area contributed by atoms with Crippen LogP contribution in [0.25, 0.3) is 11.4 Å². The Bertz CT molecular complexity index is 947. The molecule has 1 N–H and O–H groups in total. The molecule has 6 nitrogen and oxygen atoms in total. The number of benzene rings is 1. The lowest BCUT2D eigenvalue weighted by molar-refractivity contribution is -0.113. The van der Waals surface area contributed by atoms with Crippen molar-refractivity contribution in [1.82, 2.24) is 19.7 Å². The van der Waals surface area contributed by atoms with Crippen molar-refractivity contribution >= 4 is 23.4 Å². The fourth-order valence-corrected chi connectivity index (χ4v) is 3.52. The summed E-state index contributed by atoms with van der Waals surface area (Å²) in [5.41, 5.74) is 2.74. The lowest BCUT2D eigenvalue weighted by atomic mass is 9.91. The molecule has 28 heavy (non-hydrogen) atoms. The van der Waals surface area contributed by atoms with Crippen LogP contribution >= 0.6 is 11.8 Å². The van der Waals surface area contributed by atoms with Crippen LogP contribution in [0.4, 0.5) is 5.69 Å². The van der Waals surface area contributed by atoms with Gasteiger partial charge in [0.1, 0.15) is 0 Å². The zero-order valence-electron chi connectivity index (χ0n) is 16.6. The van der Waals surface area contributed by atoms with Crippen molar-refractivity contribution in [1.29, 1.82) is 0 Å². The summed E-state index contributed by atoms with van der Waals surface area (Å²) in [7, 11) is 0. The van der Waals surface area contributed by atoms with E-state index in [-0.39, 0.29) is 17.1 Å². The highest BCUT2D eigenvalue weighted by Crippen LogP contribution is 2.27. The van der Waals surface area contributed by atoms with Gasteiger partial charge in [0.05, 0.1) is 5.75 Å². The van der Waals surface area contributed by atoms with Crippen molar-refractivity contribution in [2.75, 3.05) is 11.1 Å². The molecule has 0 aliphatic rings. The second-order valence-electron chi connectivity index (χ2n) is 7.43. The van der Waals surface area contributed by atoms with E-state index < -0.39 is 0 Å². The van der Waals surface area contributed by atoms with Crippen LogP contribution in [-0.2, 0) is 16.8 Å². The molecule has 0 aliphatic carbocycles. The number of carbonyl (C=O) groups excluding carboxylic acids is 1. The zero-order chi connectivity index (χ0) is 20.1. The van der Waals surface area contributed by atoms with Gasteiger partial charge in [0, 0.05) is 35.1 Å². The Morgan fingerprint density at radius 2 is 1.89 bits per heavy atom. The number of carbonyl (C=O) groups is 1. The lowest BCUT2D eigenvalue weighted by Crippen LogP contribution is -2.14. The first-order valence-electron chi connectivity index (χ1n) is 9.26. The summed E-state index contributed by atoms with van der Waals surface area (Å²) in [5, 5.41) is 12.3. The molecule has 0 aliphatic heterocycles. The molecule has 0 unspecified atom stereocenters. The molecule has 0 saturated heterocycles. The van der Waals surface area contributed by atoms with Crippen molar-refractivity contribution in [2.45, 2.75) is 44.8 Å². The van der Waals surface area contributed by atoms with E-state index in [0.29, 0.717) is 0 Å². The van der Waals surface area contributed by atoms with Gasteiger partial charge in [0.15, 0.2) is 11.0 Å². The van der Waals surface area contributed by atoms with Crippen molar-refractivity contribution in [2.24, 2.45) is 0 Å². The SMILES string of the molecule is CCn1c(SCC(=O)Nc2ccccc2)nnc1-c1ccnc(C(C)(C)C)c1. The van der Waals surface area contributed by atoms with Crippen LogP contribution in [0.3, 0.4) is 0 Å². The Hall–Kier alpha value is -2.67. The van der Waals surface area contributed by atoms with Crippen LogP contribution in [0, 0.1) is 0 Å². The van der Waals surface area contributed by atoms with Crippen LogP contribution in [0.5, 0.6) is 0 Å². The quantitative estimate of drug-likeness (QED) is 0.627. The average molecular weight is 396 g/mol. The number of aromatic nitrogens is 4. The highest BCUT2D eigenvalue weighted by atomic mass is 32.2. The Morgan fingerprint density at radius 3 is 2.57 bits per heavy atom. The monoisotopic (exact) mass is 395 g/mol. The molecule has 2 aromatic heterocycles. The highest BCUT2D eigenvalue weighted by Gasteiger charge is 2.19. The highest BCUT2D eigenvalue weighted by molar-refractivity contribution is 7.99. The van der Waals surface area contributed by atoms with E-state index in [9.17, 15) is 4.79 Å². The number of para-hydroxylation sites is 1. The van der Waals surface area contributed by atoms with Crippen molar-refractivity contribution in [3.8, 4) is 11.4 Å². The number of thioether (sulfide) groups is 1. The van der Waals surface area contributed by atoms with Gasteiger partial charge < -0.3 is 9.88 Å². The molecule has 3 rings (SSSR count). The number of pyridine rings is 1. The van der Waals surface area contributed by atoms with E-state index in [2.05, 4.69) is 47.3 Å². The van der Waals surface area contributed by atoms with E-state index >= 15 is 0 Å². The van der Waals surface area contributed by atoms with Gasteiger partial charge in [-0.25, -0.2) is 0 Å². The summed E-state index contributed by atoms with van der Waals surface area (Å²) in [4.78, 5) is 16.7. The zero-order valence-corrected chi connectivity index (χ0v) is 17.5. The summed E-state index contributed by atoms with van der Waals surface area (Å²) in [6.45, 7) is 9.17. The van der Waals surface area contributed by atoms with Gasteiger partial charge in [0.2, 0.25) is 5.91 Å². The van der Waals surface area contributed by atoms with Gasteiger partial charge in [-0.15, -0.1) is 10.2 Å². The summed E-state index contributed by atoms with van der Waals surface area (Å²) in [5.74, 6) is 1.00. The largest absolute Gasteiger partial charge is 0.325 e. The molecule has 146 valence electrons. The first-order valence-corrected chi connectivity index (χ1v) is 10.2. The number of amides is 1. The molecule has 0 bridgehead atoms. The fourth-order valence-electron chi connectivity index (χ4n) is 2.72. The molecule has 0 fully saturated rings. The molecule has 0 radical (unpaired) electrons. The minimum absolute atomic E-state index is 0.0415. The van der Waals surface area contributed by atoms with E-state index in [1.165, 1.54) is 11.8 Å². The predicted octanol–water partition coefficient (Wildman–Crippen LogP) is 4.39. The molecule has 3 aromatic rings. The number of anilines is 1. The van der Waals surface area contributed by atoms with Crippen LogP contribution in [0.2, 0.25) is 0 Å². The summed E-state index contributed by atoms with van der Waals surface area (Å²) < 4.78 is 2.03. The summed E-state index contributed by atoms with van der Waals surface area (Å²) in [6.07, 6.45) is 1.81.